The minimum Gasteiger partial charge on any atom is -0.395 e. The summed E-state index contributed by atoms with van der Waals surface area (Å²) in [5.41, 5.74) is 0.951. The van der Waals surface area contributed by atoms with Crippen LogP contribution in [-0.4, -0.2) is 31.2 Å². The number of benzene rings is 1. The van der Waals surface area contributed by atoms with Crippen LogP contribution in [0, 0.1) is 0 Å². The Morgan fingerprint density at radius 3 is 2.57 bits per heavy atom. The molecule has 0 aliphatic rings. The number of rotatable bonds is 6. The molecular weight excluding hydrogens is 356 g/mol. The first kappa shape index (κ1) is 16.1. The maximum Gasteiger partial charge on any atom is 0.242 e. The molecule has 2 aromatic rings. The highest BCUT2D eigenvalue weighted by molar-refractivity contribution is 9.10. The van der Waals surface area contributed by atoms with Crippen molar-refractivity contribution in [3.63, 3.8) is 0 Å². The van der Waals surface area contributed by atoms with Crippen LogP contribution in [0.2, 0.25) is 0 Å². The van der Waals surface area contributed by atoms with Crippen molar-refractivity contribution in [1.82, 2.24) is 9.71 Å². The molecule has 7 heteroatoms. The Labute approximate surface area is 132 Å². The Kier molecular flexibility index (Phi) is 5.46. The van der Waals surface area contributed by atoms with E-state index in [1.54, 1.807) is 0 Å². The van der Waals surface area contributed by atoms with E-state index in [2.05, 4.69) is 25.6 Å². The van der Waals surface area contributed by atoms with Crippen LogP contribution < -0.4 is 4.72 Å². The average molecular weight is 371 g/mol. The number of aromatic nitrogens is 1. The third kappa shape index (κ3) is 4.60. The van der Waals surface area contributed by atoms with Crippen LogP contribution >= 0.6 is 15.9 Å². The van der Waals surface area contributed by atoms with Gasteiger partial charge in [0.1, 0.15) is 4.90 Å². The molecule has 1 aromatic carbocycles. The Hall–Kier alpha value is -1.28. The first-order valence-electron chi connectivity index (χ1n) is 6.29. The molecule has 2 rings (SSSR count). The first-order valence-corrected chi connectivity index (χ1v) is 8.56. The highest BCUT2D eigenvalue weighted by Gasteiger charge is 2.20. The van der Waals surface area contributed by atoms with Crippen LogP contribution in [0.4, 0.5) is 0 Å². The van der Waals surface area contributed by atoms with E-state index in [0.29, 0.717) is 10.9 Å². The quantitative estimate of drug-likeness (QED) is 0.811. The number of nitrogens with one attached hydrogen (secondary N) is 1. The summed E-state index contributed by atoms with van der Waals surface area (Å²) in [6.07, 6.45) is 3.19. The van der Waals surface area contributed by atoms with Crippen molar-refractivity contribution >= 4 is 26.0 Å². The van der Waals surface area contributed by atoms with Crippen molar-refractivity contribution in [2.24, 2.45) is 0 Å². The summed E-state index contributed by atoms with van der Waals surface area (Å²) in [5.74, 6) is 0. The van der Waals surface area contributed by atoms with Crippen LogP contribution in [-0.2, 0) is 16.4 Å². The van der Waals surface area contributed by atoms with Crippen LogP contribution in [0.3, 0.4) is 0 Å². The SMILES string of the molecule is O=S(=O)(N[C@H](CO)Cc1ccccc1)c1cncc(Br)c1. The minimum atomic E-state index is -3.72. The van der Waals surface area contributed by atoms with Gasteiger partial charge in [0, 0.05) is 22.9 Å². The molecule has 0 unspecified atom stereocenters. The molecule has 112 valence electrons. The molecule has 21 heavy (non-hydrogen) atoms. The highest BCUT2D eigenvalue weighted by atomic mass is 79.9. The van der Waals surface area contributed by atoms with Crippen molar-refractivity contribution in [3.05, 3.63) is 58.8 Å². The van der Waals surface area contributed by atoms with Gasteiger partial charge in [0.2, 0.25) is 10.0 Å². The zero-order valence-corrected chi connectivity index (χ0v) is 13.5. The summed E-state index contributed by atoms with van der Waals surface area (Å²) in [5, 5.41) is 9.40. The topological polar surface area (TPSA) is 79.3 Å². The predicted octanol–water partition coefficient (Wildman–Crippen LogP) is 1.73. The Morgan fingerprint density at radius 1 is 1.24 bits per heavy atom. The number of aliphatic hydroxyl groups excluding tert-OH is 1. The third-order valence-corrected chi connectivity index (χ3v) is 4.78. The van der Waals surface area contributed by atoms with Gasteiger partial charge in [-0.25, -0.2) is 13.1 Å². The van der Waals surface area contributed by atoms with Gasteiger partial charge in [-0.15, -0.1) is 0 Å². The summed E-state index contributed by atoms with van der Waals surface area (Å²) in [7, 11) is -3.72. The van der Waals surface area contributed by atoms with Gasteiger partial charge in [-0.2, -0.15) is 0 Å². The molecule has 1 heterocycles. The van der Waals surface area contributed by atoms with Gasteiger partial charge in [0.15, 0.2) is 0 Å². The summed E-state index contributed by atoms with van der Waals surface area (Å²) < 4.78 is 27.6. The van der Waals surface area contributed by atoms with E-state index in [9.17, 15) is 13.5 Å². The van der Waals surface area contributed by atoms with E-state index in [0.717, 1.165) is 5.56 Å². The molecule has 0 aliphatic heterocycles. The molecule has 0 saturated heterocycles. The maximum atomic E-state index is 12.3. The first-order chi connectivity index (χ1) is 10.0. The molecule has 0 bridgehead atoms. The standard InChI is InChI=1S/C14H15BrN2O3S/c15-12-7-14(9-16-8-12)21(19,20)17-13(10-18)6-11-4-2-1-3-5-11/h1-5,7-9,13,17-18H,6,10H2/t13-/m0/s1. The third-order valence-electron chi connectivity index (χ3n) is 2.86. The van der Waals surface area contributed by atoms with Crippen LogP contribution in [0.1, 0.15) is 5.56 Å². The second-order valence-electron chi connectivity index (χ2n) is 4.53. The Bertz CT molecular complexity index is 692. The van der Waals surface area contributed by atoms with Gasteiger partial charge < -0.3 is 5.11 Å². The number of halogens is 1. The molecule has 0 saturated carbocycles. The van der Waals surface area contributed by atoms with Crippen LogP contribution in [0.5, 0.6) is 0 Å². The van der Waals surface area contributed by atoms with Gasteiger partial charge in [-0.3, -0.25) is 4.98 Å². The number of pyridine rings is 1. The monoisotopic (exact) mass is 370 g/mol. The minimum absolute atomic E-state index is 0.0587. The largest absolute Gasteiger partial charge is 0.395 e. The number of aliphatic hydroxyl groups is 1. The van der Waals surface area contributed by atoms with Gasteiger partial charge in [0.25, 0.3) is 0 Å². The van der Waals surface area contributed by atoms with E-state index in [1.807, 2.05) is 30.3 Å². The summed E-state index contributed by atoms with van der Waals surface area (Å²) in [4.78, 5) is 3.90. The van der Waals surface area contributed by atoms with E-state index < -0.39 is 16.1 Å². The second kappa shape index (κ2) is 7.13. The molecule has 0 amide bonds. The van der Waals surface area contributed by atoms with Crippen LogP contribution in [0.15, 0.2) is 58.2 Å². The highest BCUT2D eigenvalue weighted by Crippen LogP contribution is 2.15. The summed E-state index contributed by atoms with van der Waals surface area (Å²) in [6.45, 7) is -0.282. The fourth-order valence-corrected chi connectivity index (χ4v) is 3.60. The molecule has 1 atom stereocenters. The van der Waals surface area contributed by atoms with E-state index in [-0.39, 0.29) is 11.5 Å². The molecule has 1 aromatic heterocycles. The molecule has 0 spiro atoms. The van der Waals surface area contributed by atoms with Gasteiger partial charge >= 0.3 is 0 Å². The lowest BCUT2D eigenvalue weighted by Crippen LogP contribution is -2.39. The number of hydrogen-bond donors (Lipinski definition) is 2. The normalized spacial score (nSPS) is 13.0. The van der Waals surface area contributed by atoms with Gasteiger partial charge in [-0.1, -0.05) is 30.3 Å². The number of nitrogens with zero attached hydrogens (tertiary/aromatic N) is 1. The number of hydrogen-bond acceptors (Lipinski definition) is 4. The van der Waals surface area contributed by atoms with Crippen LogP contribution in [0.25, 0.3) is 0 Å². The van der Waals surface area contributed by atoms with Crippen molar-refractivity contribution in [2.45, 2.75) is 17.4 Å². The maximum absolute atomic E-state index is 12.3. The lowest BCUT2D eigenvalue weighted by molar-refractivity contribution is 0.256. The zero-order valence-electron chi connectivity index (χ0n) is 11.1. The summed E-state index contributed by atoms with van der Waals surface area (Å²) >= 11 is 3.19. The second-order valence-corrected chi connectivity index (χ2v) is 7.16. The van der Waals surface area contributed by atoms with E-state index in [4.69, 9.17) is 0 Å². The smallest absolute Gasteiger partial charge is 0.242 e. The summed E-state index contributed by atoms with van der Waals surface area (Å²) in [6, 6.07) is 10.3. The zero-order chi connectivity index (χ0) is 15.3. The molecular formula is C14H15BrN2O3S. The Balaban J connectivity index is 2.14. The Morgan fingerprint density at radius 2 is 1.95 bits per heavy atom. The molecule has 2 N–H and O–H groups in total. The molecule has 5 nitrogen and oxygen atoms in total. The predicted molar refractivity (Wildman–Crippen MR) is 83.3 cm³/mol. The van der Waals surface area contributed by atoms with Crippen molar-refractivity contribution in [3.8, 4) is 0 Å². The lowest BCUT2D eigenvalue weighted by Gasteiger charge is -2.16. The van der Waals surface area contributed by atoms with Gasteiger partial charge in [0.05, 0.1) is 6.61 Å². The average Bonchev–Trinajstić information content (AvgIpc) is 2.47. The fourth-order valence-electron chi connectivity index (χ4n) is 1.87. The van der Waals surface area contributed by atoms with Crippen molar-refractivity contribution < 1.29 is 13.5 Å². The number of sulfonamides is 1. The van der Waals surface area contributed by atoms with Crippen molar-refractivity contribution in [2.75, 3.05) is 6.61 Å². The van der Waals surface area contributed by atoms with Crippen molar-refractivity contribution in [1.29, 1.82) is 0 Å². The van der Waals surface area contributed by atoms with E-state index in [1.165, 1.54) is 18.5 Å². The lowest BCUT2D eigenvalue weighted by atomic mass is 10.1. The molecule has 0 radical (unpaired) electrons. The molecule has 0 fully saturated rings. The van der Waals surface area contributed by atoms with E-state index >= 15 is 0 Å². The molecule has 0 aliphatic carbocycles. The van der Waals surface area contributed by atoms with Gasteiger partial charge in [-0.05, 0) is 34.0 Å². The fraction of sp³-hybridized carbons (Fsp3) is 0.214.